The molecule has 0 aliphatic carbocycles. The van der Waals surface area contributed by atoms with Gasteiger partial charge in [-0.15, -0.1) is 0 Å². The van der Waals surface area contributed by atoms with Crippen molar-refractivity contribution in [3.8, 4) is 5.75 Å². The minimum Gasteiger partial charge on any atom is -0.507 e. The summed E-state index contributed by atoms with van der Waals surface area (Å²) in [5.74, 6) is -0.907. The van der Waals surface area contributed by atoms with Gasteiger partial charge in [0, 0.05) is 11.3 Å². The van der Waals surface area contributed by atoms with Crippen LogP contribution in [-0.4, -0.2) is 23.9 Å². The number of methoxy groups -OCH3 is 1. The van der Waals surface area contributed by atoms with Crippen LogP contribution in [0, 0.1) is 13.8 Å². The normalized spacial score (nSPS) is 17.2. The number of carbonyl (C=O) groups is 2. The maximum absolute atomic E-state index is 13.5. The lowest BCUT2D eigenvalue weighted by atomic mass is 9.93. The van der Waals surface area contributed by atoms with Crippen LogP contribution in [0.5, 0.6) is 5.75 Å². The van der Waals surface area contributed by atoms with Crippen molar-refractivity contribution in [2.24, 2.45) is 0 Å². The summed E-state index contributed by atoms with van der Waals surface area (Å²) >= 11 is 0. The fourth-order valence-corrected chi connectivity index (χ4v) is 4.84. The van der Waals surface area contributed by atoms with Crippen LogP contribution in [0.25, 0.3) is 16.5 Å². The SMILES string of the molecule is COc1ccc(C2/C(=C(/O)c3cccc4ccccc34)C(=O)C(=O)N2c2ccc(C)cc2C)cc1. The molecular formula is C30H25NO4. The number of aryl methyl sites for hydroxylation is 2. The number of aliphatic hydroxyl groups is 1. The van der Waals surface area contributed by atoms with E-state index < -0.39 is 17.7 Å². The number of ketones is 1. The number of ether oxygens (including phenoxy) is 1. The molecule has 35 heavy (non-hydrogen) atoms. The third-order valence-corrected chi connectivity index (χ3v) is 6.53. The molecule has 1 heterocycles. The van der Waals surface area contributed by atoms with Crippen molar-refractivity contribution in [1.29, 1.82) is 0 Å². The van der Waals surface area contributed by atoms with E-state index in [0.29, 0.717) is 22.6 Å². The van der Waals surface area contributed by atoms with Crippen molar-refractivity contribution in [1.82, 2.24) is 0 Å². The first kappa shape index (κ1) is 22.4. The highest BCUT2D eigenvalue weighted by Gasteiger charge is 2.47. The van der Waals surface area contributed by atoms with E-state index in [-0.39, 0.29) is 11.3 Å². The molecule has 0 saturated carbocycles. The molecule has 1 aliphatic heterocycles. The number of benzene rings is 4. The zero-order valence-electron chi connectivity index (χ0n) is 19.8. The number of anilines is 1. The van der Waals surface area contributed by atoms with Crippen molar-refractivity contribution in [2.45, 2.75) is 19.9 Å². The molecule has 1 N–H and O–H groups in total. The number of amides is 1. The molecule has 0 radical (unpaired) electrons. The Morgan fingerprint density at radius 1 is 0.886 bits per heavy atom. The number of fused-ring (bicyclic) bond motifs is 1. The summed E-state index contributed by atoms with van der Waals surface area (Å²) in [6.45, 7) is 3.89. The van der Waals surface area contributed by atoms with Gasteiger partial charge in [0.2, 0.25) is 0 Å². The van der Waals surface area contributed by atoms with Crippen LogP contribution in [0.15, 0.2) is 90.5 Å². The van der Waals surface area contributed by atoms with Crippen LogP contribution in [0.4, 0.5) is 5.69 Å². The van der Waals surface area contributed by atoms with E-state index in [1.54, 1.807) is 25.3 Å². The fraction of sp³-hybridized carbons (Fsp3) is 0.133. The molecule has 5 heteroatoms. The van der Waals surface area contributed by atoms with E-state index in [9.17, 15) is 14.7 Å². The first-order chi connectivity index (χ1) is 16.9. The average Bonchev–Trinajstić information content (AvgIpc) is 3.13. The minimum atomic E-state index is -0.790. The highest BCUT2D eigenvalue weighted by molar-refractivity contribution is 6.52. The summed E-state index contributed by atoms with van der Waals surface area (Å²) in [5.41, 5.74) is 3.84. The predicted molar refractivity (Wildman–Crippen MR) is 138 cm³/mol. The van der Waals surface area contributed by atoms with Crippen molar-refractivity contribution >= 4 is 33.9 Å². The van der Waals surface area contributed by atoms with Gasteiger partial charge >= 0.3 is 0 Å². The number of hydrogen-bond donors (Lipinski definition) is 1. The number of carbonyl (C=O) groups excluding carboxylic acids is 2. The van der Waals surface area contributed by atoms with Gasteiger partial charge in [0.05, 0.1) is 18.7 Å². The first-order valence-corrected chi connectivity index (χ1v) is 11.4. The molecule has 0 bridgehead atoms. The van der Waals surface area contributed by atoms with Crippen molar-refractivity contribution in [3.63, 3.8) is 0 Å². The van der Waals surface area contributed by atoms with Crippen molar-refractivity contribution in [2.75, 3.05) is 12.0 Å². The molecule has 1 saturated heterocycles. The quantitative estimate of drug-likeness (QED) is 0.226. The predicted octanol–water partition coefficient (Wildman–Crippen LogP) is 6.09. The summed E-state index contributed by atoms with van der Waals surface area (Å²) in [6.07, 6.45) is 0. The Kier molecular flexibility index (Phi) is 5.61. The van der Waals surface area contributed by atoms with E-state index >= 15 is 0 Å². The van der Waals surface area contributed by atoms with Gasteiger partial charge < -0.3 is 9.84 Å². The Morgan fingerprint density at radius 3 is 2.31 bits per heavy atom. The smallest absolute Gasteiger partial charge is 0.300 e. The number of nitrogens with zero attached hydrogens (tertiary/aromatic N) is 1. The lowest BCUT2D eigenvalue weighted by molar-refractivity contribution is -0.132. The minimum absolute atomic E-state index is 0.0662. The maximum atomic E-state index is 13.5. The van der Waals surface area contributed by atoms with Gasteiger partial charge in [-0.1, -0.05) is 72.3 Å². The molecule has 174 valence electrons. The monoisotopic (exact) mass is 463 g/mol. The van der Waals surface area contributed by atoms with Crippen molar-refractivity contribution < 1.29 is 19.4 Å². The lowest BCUT2D eigenvalue weighted by Gasteiger charge is -2.27. The lowest BCUT2D eigenvalue weighted by Crippen LogP contribution is -2.30. The molecule has 0 aromatic heterocycles. The standard InChI is InChI=1S/C30H25NO4/c1-18-11-16-25(19(2)17-18)31-27(21-12-14-22(35-3)15-13-21)26(29(33)30(31)34)28(32)24-10-6-8-20-7-4-5-9-23(20)24/h4-17,27,32H,1-3H3/b28-26-. The van der Waals surface area contributed by atoms with Gasteiger partial charge in [-0.3, -0.25) is 14.5 Å². The molecule has 4 aromatic rings. The highest BCUT2D eigenvalue weighted by atomic mass is 16.5. The second-order valence-electron chi connectivity index (χ2n) is 8.76. The second-order valence-corrected chi connectivity index (χ2v) is 8.76. The third kappa shape index (κ3) is 3.75. The van der Waals surface area contributed by atoms with E-state index in [4.69, 9.17) is 4.74 Å². The molecule has 0 spiro atoms. The fourth-order valence-electron chi connectivity index (χ4n) is 4.84. The van der Waals surface area contributed by atoms with Gasteiger partial charge in [0.1, 0.15) is 11.5 Å². The third-order valence-electron chi connectivity index (χ3n) is 6.53. The van der Waals surface area contributed by atoms with Gasteiger partial charge in [0.15, 0.2) is 0 Å². The summed E-state index contributed by atoms with van der Waals surface area (Å²) in [6, 6.07) is 25.4. The van der Waals surface area contributed by atoms with Crippen LogP contribution in [0.3, 0.4) is 0 Å². The molecular weight excluding hydrogens is 438 g/mol. The molecule has 1 atom stereocenters. The first-order valence-electron chi connectivity index (χ1n) is 11.4. The van der Waals surface area contributed by atoms with Crippen LogP contribution in [-0.2, 0) is 9.59 Å². The van der Waals surface area contributed by atoms with E-state index in [0.717, 1.165) is 21.9 Å². The molecule has 1 aliphatic rings. The maximum Gasteiger partial charge on any atom is 0.300 e. The zero-order chi connectivity index (χ0) is 24.7. The zero-order valence-corrected chi connectivity index (χ0v) is 19.8. The Hall–Kier alpha value is -4.38. The Balaban J connectivity index is 1.78. The van der Waals surface area contributed by atoms with Crippen LogP contribution in [0.1, 0.15) is 28.3 Å². The van der Waals surface area contributed by atoms with Crippen molar-refractivity contribution in [3.05, 3.63) is 113 Å². The Bertz CT molecular complexity index is 1500. The average molecular weight is 464 g/mol. The van der Waals surface area contributed by atoms with Crippen LogP contribution < -0.4 is 9.64 Å². The summed E-state index contributed by atoms with van der Waals surface area (Å²) in [4.78, 5) is 28.5. The Labute approximate surface area is 203 Å². The highest BCUT2D eigenvalue weighted by Crippen LogP contribution is 2.44. The molecule has 5 nitrogen and oxygen atoms in total. The van der Waals surface area contributed by atoms with Gasteiger partial charge in [-0.2, -0.15) is 0 Å². The number of Topliss-reactive ketones (excluding diaryl/α,β-unsaturated/α-hetero) is 1. The number of rotatable bonds is 4. The van der Waals surface area contributed by atoms with Crippen LogP contribution in [0.2, 0.25) is 0 Å². The van der Waals surface area contributed by atoms with E-state index in [2.05, 4.69) is 0 Å². The van der Waals surface area contributed by atoms with Gasteiger partial charge in [-0.05, 0) is 53.9 Å². The molecule has 5 rings (SSSR count). The largest absolute Gasteiger partial charge is 0.507 e. The number of aliphatic hydroxyl groups excluding tert-OH is 1. The summed E-state index contributed by atoms with van der Waals surface area (Å²) in [5, 5.41) is 13.3. The summed E-state index contributed by atoms with van der Waals surface area (Å²) in [7, 11) is 1.58. The number of hydrogen-bond acceptors (Lipinski definition) is 4. The summed E-state index contributed by atoms with van der Waals surface area (Å²) < 4.78 is 5.30. The van der Waals surface area contributed by atoms with Gasteiger partial charge in [-0.25, -0.2) is 0 Å². The van der Waals surface area contributed by atoms with Gasteiger partial charge in [0.25, 0.3) is 11.7 Å². The topological polar surface area (TPSA) is 66.8 Å². The molecule has 1 amide bonds. The second kappa shape index (κ2) is 8.76. The molecule has 1 fully saturated rings. The van der Waals surface area contributed by atoms with E-state index in [1.807, 2.05) is 80.6 Å². The van der Waals surface area contributed by atoms with E-state index in [1.165, 1.54) is 4.90 Å². The van der Waals surface area contributed by atoms with Crippen LogP contribution >= 0.6 is 0 Å². The molecule has 4 aromatic carbocycles. The molecule has 1 unspecified atom stereocenters. The Morgan fingerprint density at radius 2 is 1.60 bits per heavy atom.